The number of carbonyl (C=O) groups excluding carboxylic acids is 2. The fourth-order valence-corrected chi connectivity index (χ4v) is 3.92. The Hall–Kier alpha value is -4.56. The molecule has 0 unspecified atom stereocenters. The van der Waals surface area contributed by atoms with Crippen molar-refractivity contribution >= 4 is 34.6 Å². The van der Waals surface area contributed by atoms with E-state index >= 15 is 0 Å². The highest BCUT2D eigenvalue weighted by atomic mass is 19.4. The van der Waals surface area contributed by atoms with Crippen LogP contribution in [0.2, 0.25) is 0 Å². The van der Waals surface area contributed by atoms with E-state index in [1.165, 1.54) is 6.92 Å². The summed E-state index contributed by atoms with van der Waals surface area (Å²) in [6.45, 7) is 1.44. The summed E-state index contributed by atoms with van der Waals surface area (Å²) in [6.07, 6.45) is -6.03. The second kappa shape index (κ2) is 11.1. The fraction of sp³-hybridized carbons (Fsp3) is 0.269. The third kappa shape index (κ3) is 5.98. The first-order valence-corrected chi connectivity index (χ1v) is 11.9. The maximum absolute atomic E-state index is 13.6. The highest BCUT2D eigenvalue weighted by Gasteiger charge is 2.76. The number of fused-ring (bicyclic) bond motifs is 1. The van der Waals surface area contributed by atoms with Crippen molar-refractivity contribution in [2.45, 2.75) is 44.2 Å². The van der Waals surface area contributed by atoms with Crippen molar-refractivity contribution in [1.82, 2.24) is 5.43 Å². The number of hydrazone groups is 1. The van der Waals surface area contributed by atoms with E-state index in [0.29, 0.717) is 29.9 Å². The van der Waals surface area contributed by atoms with Gasteiger partial charge < -0.3 is 9.73 Å². The van der Waals surface area contributed by atoms with Gasteiger partial charge in [-0.05, 0) is 56.2 Å². The number of benzene rings is 2. The number of hydrogen-bond donors (Lipinski definition) is 2. The Balaban J connectivity index is 1.48. The average Bonchev–Trinajstić information content (AvgIpc) is 3.28. The zero-order chi connectivity index (χ0) is 30.0. The van der Waals surface area contributed by atoms with Crippen molar-refractivity contribution in [3.8, 4) is 0 Å². The number of alkyl halides is 7. The molecule has 0 saturated heterocycles. The van der Waals surface area contributed by atoms with Crippen LogP contribution in [0.4, 0.5) is 47.8 Å². The SMILES string of the molecule is Cc1c(C(=O)Nc2ccc(N=Nc3ccccc3)cc2)oc2c1/C(=N/NC(=O)C(F)(F)C(F)(F)C(F)(F)F)CCC2. The average molecular weight is 583 g/mol. The Labute approximate surface area is 227 Å². The molecule has 0 bridgehead atoms. The molecule has 41 heavy (non-hydrogen) atoms. The van der Waals surface area contributed by atoms with Gasteiger partial charge in [-0.3, -0.25) is 9.59 Å². The first-order valence-electron chi connectivity index (χ1n) is 11.9. The lowest BCUT2D eigenvalue weighted by Crippen LogP contribution is -2.58. The lowest BCUT2D eigenvalue weighted by atomic mass is 9.93. The van der Waals surface area contributed by atoms with Crippen LogP contribution in [0.15, 0.2) is 74.3 Å². The standard InChI is InChI=1S/C26H20F7N5O3/c1-14-20-18(37-38-23(40)24(27,28)25(29,30)26(31,32)33)8-5-9-19(20)41-21(14)22(39)34-15-10-12-17(13-11-15)36-35-16-6-3-2-4-7-16/h2-4,6-7,10-13H,5,8-9H2,1H3,(H,34,39)(H,38,40)/b36-35?,37-18+. The van der Waals surface area contributed by atoms with Gasteiger partial charge in [0.05, 0.1) is 17.1 Å². The molecule has 0 fully saturated rings. The number of furan rings is 1. The zero-order valence-corrected chi connectivity index (χ0v) is 21.0. The van der Waals surface area contributed by atoms with Gasteiger partial charge in [-0.25, -0.2) is 5.43 Å². The maximum Gasteiger partial charge on any atom is 0.460 e. The number of nitrogens with one attached hydrogen (secondary N) is 2. The number of hydrogen-bond acceptors (Lipinski definition) is 6. The van der Waals surface area contributed by atoms with E-state index in [2.05, 4.69) is 20.6 Å². The monoisotopic (exact) mass is 583 g/mol. The summed E-state index contributed by atoms with van der Waals surface area (Å²) >= 11 is 0. The molecule has 0 saturated carbocycles. The second-order valence-electron chi connectivity index (χ2n) is 8.89. The van der Waals surface area contributed by atoms with E-state index in [9.17, 15) is 40.3 Å². The van der Waals surface area contributed by atoms with Gasteiger partial charge >= 0.3 is 23.9 Å². The minimum absolute atomic E-state index is 0.0367. The quantitative estimate of drug-likeness (QED) is 0.174. The Morgan fingerprint density at radius 2 is 1.46 bits per heavy atom. The molecular formula is C26H20F7N5O3. The molecule has 15 heteroatoms. The van der Waals surface area contributed by atoms with Crippen LogP contribution in [0.5, 0.6) is 0 Å². The number of aryl methyl sites for hydroxylation is 1. The lowest BCUT2D eigenvalue weighted by Gasteiger charge is -2.26. The van der Waals surface area contributed by atoms with E-state index < -0.39 is 29.8 Å². The molecule has 216 valence electrons. The Bertz CT molecular complexity index is 1500. The van der Waals surface area contributed by atoms with Crippen molar-refractivity contribution in [2.75, 3.05) is 5.32 Å². The van der Waals surface area contributed by atoms with Crippen molar-refractivity contribution in [1.29, 1.82) is 0 Å². The van der Waals surface area contributed by atoms with Crippen LogP contribution in [0.25, 0.3) is 0 Å². The summed E-state index contributed by atoms with van der Waals surface area (Å²) in [7, 11) is 0. The number of azo groups is 1. The molecule has 0 spiro atoms. The van der Waals surface area contributed by atoms with Gasteiger partial charge in [-0.1, -0.05) is 18.2 Å². The molecule has 4 rings (SSSR count). The molecule has 8 nitrogen and oxygen atoms in total. The largest absolute Gasteiger partial charge is 0.460 e. The molecule has 0 radical (unpaired) electrons. The van der Waals surface area contributed by atoms with Gasteiger partial charge in [-0.2, -0.15) is 46.1 Å². The molecule has 2 N–H and O–H groups in total. The predicted octanol–water partition coefficient (Wildman–Crippen LogP) is 7.25. The van der Waals surface area contributed by atoms with Crippen molar-refractivity contribution in [2.24, 2.45) is 15.3 Å². The zero-order valence-electron chi connectivity index (χ0n) is 21.0. The van der Waals surface area contributed by atoms with Gasteiger partial charge in [0.2, 0.25) is 0 Å². The molecule has 3 aromatic rings. The van der Waals surface area contributed by atoms with Crippen molar-refractivity contribution in [3.05, 3.63) is 77.2 Å². The summed E-state index contributed by atoms with van der Waals surface area (Å²) < 4.78 is 96.4. The van der Waals surface area contributed by atoms with Crippen LogP contribution < -0.4 is 10.7 Å². The minimum Gasteiger partial charge on any atom is -0.455 e. The Kier molecular flexibility index (Phi) is 7.99. The summed E-state index contributed by atoms with van der Waals surface area (Å²) in [5, 5.41) is 14.2. The maximum atomic E-state index is 13.6. The number of rotatable bonds is 7. The van der Waals surface area contributed by atoms with Crippen LogP contribution in [0.3, 0.4) is 0 Å². The smallest absolute Gasteiger partial charge is 0.455 e. The van der Waals surface area contributed by atoms with Crippen LogP contribution in [-0.4, -0.2) is 35.5 Å². The van der Waals surface area contributed by atoms with E-state index in [0.717, 1.165) is 5.43 Å². The molecule has 1 aromatic heterocycles. The highest BCUT2D eigenvalue weighted by molar-refractivity contribution is 6.09. The third-order valence-electron chi connectivity index (χ3n) is 6.02. The number of carbonyl (C=O) groups is 2. The van der Waals surface area contributed by atoms with Gasteiger partial charge in [-0.15, -0.1) is 0 Å². The van der Waals surface area contributed by atoms with Crippen LogP contribution in [-0.2, 0) is 11.2 Å². The highest BCUT2D eigenvalue weighted by Crippen LogP contribution is 2.46. The van der Waals surface area contributed by atoms with E-state index in [1.807, 2.05) is 18.2 Å². The molecule has 0 atom stereocenters. The Morgan fingerprint density at radius 3 is 2.07 bits per heavy atom. The molecule has 2 amide bonds. The van der Waals surface area contributed by atoms with Gasteiger partial charge in [0.15, 0.2) is 5.76 Å². The second-order valence-corrected chi connectivity index (χ2v) is 8.89. The van der Waals surface area contributed by atoms with Crippen molar-refractivity contribution < 1.29 is 44.7 Å². The summed E-state index contributed by atoms with van der Waals surface area (Å²) in [6, 6.07) is 15.3. The lowest BCUT2D eigenvalue weighted by molar-refractivity contribution is -0.344. The third-order valence-corrected chi connectivity index (χ3v) is 6.02. The first-order chi connectivity index (χ1) is 19.2. The fourth-order valence-electron chi connectivity index (χ4n) is 3.92. The van der Waals surface area contributed by atoms with E-state index in [4.69, 9.17) is 4.42 Å². The van der Waals surface area contributed by atoms with Crippen LogP contribution >= 0.6 is 0 Å². The molecule has 1 aliphatic carbocycles. The van der Waals surface area contributed by atoms with Crippen LogP contribution in [0.1, 0.15) is 40.3 Å². The molecule has 0 aliphatic heterocycles. The number of nitrogens with zero attached hydrogens (tertiary/aromatic N) is 3. The number of halogens is 7. The topological polar surface area (TPSA) is 108 Å². The van der Waals surface area contributed by atoms with Crippen molar-refractivity contribution in [3.63, 3.8) is 0 Å². The number of amides is 2. The number of anilines is 1. The summed E-state index contributed by atoms with van der Waals surface area (Å²) in [4.78, 5) is 24.5. The normalized spacial score (nSPS) is 15.2. The molecule has 1 aliphatic rings. The van der Waals surface area contributed by atoms with Gasteiger partial charge in [0.1, 0.15) is 5.76 Å². The van der Waals surface area contributed by atoms with E-state index in [-0.39, 0.29) is 34.8 Å². The molecular weight excluding hydrogens is 563 g/mol. The van der Waals surface area contributed by atoms with E-state index in [1.54, 1.807) is 36.4 Å². The predicted molar refractivity (Wildman–Crippen MR) is 132 cm³/mol. The summed E-state index contributed by atoms with van der Waals surface area (Å²) in [5.74, 6) is -16.3. The molecule has 1 heterocycles. The Morgan fingerprint density at radius 1 is 0.854 bits per heavy atom. The minimum atomic E-state index is -6.67. The van der Waals surface area contributed by atoms with Gasteiger partial charge in [0, 0.05) is 23.2 Å². The molecule has 2 aromatic carbocycles. The van der Waals surface area contributed by atoms with Crippen LogP contribution in [0, 0.1) is 6.92 Å². The first kappa shape index (κ1) is 29.4. The van der Waals surface area contributed by atoms with Gasteiger partial charge in [0.25, 0.3) is 5.91 Å². The summed E-state index contributed by atoms with van der Waals surface area (Å²) in [5.41, 5.74) is 2.87.